The van der Waals surface area contributed by atoms with E-state index in [2.05, 4.69) is 44.6 Å². The number of anilines is 1. The number of nitrogens with one attached hydrogen (secondary N) is 2. The van der Waals surface area contributed by atoms with Crippen molar-refractivity contribution in [2.45, 2.75) is 25.9 Å². The fourth-order valence-corrected chi connectivity index (χ4v) is 4.07. The van der Waals surface area contributed by atoms with Crippen molar-refractivity contribution in [3.8, 4) is 17.0 Å². The smallest absolute Gasteiger partial charge is 0.223 e. The topological polar surface area (TPSA) is 62.3 Å². The van der Waals surface area contributed by atoms with Crippen LogP contribution in [0, 0.1) is 11.6 Å². The molecule has 0 amide bonds. The molecule has 1 saturated heterocycles. The number of methoxy groups -OCH3 is 1. The number of benzene rings is 2. The van der Waals surface area contributed by atoms with Gasteiger partial charge in [-0.05, 0) is 54.8 Å². The summed E-state index contributed by atoms with van der Waals surface area (Å²) in [5, 5.41) is 6.56. The highest BCUT2D eigenvalue weighted by atomic mass is 19.1. The molecule has 1 aromatic heterocycles. The molecule has 1 aliphatic heterocycles. The average Bonchev–Trinajstić information content (AvgIpc) is 2.80. The third-order valence-corrected chi connectivity index (χ3v) is 5.84. The van der Waals surface area contributed by atoms with Crippen LogP contribution in [0.25, 0.3) is 11.3 Å². The van der Waals surface area contributed by atoms with E-state index >= 15 is 0 Å². The summed E-state index contributed by atoms with van der Waals surface area (Å²) in [7, 11) is 1.65. The molecule has 2 aromatic carbocycles. The minimum atomic E-state index is -0.578. The molecule has 0 radical (unpaired) electrons. The van der Waals surface area contributed by atoms with Crippen molar-refractivity contribution < 1.29 is 13.5 Å². The quantitative estimate of drug-likeness (QED) is 0.540. The summed E-state index contributed by atoms with van der Waals surface area (Å²) >= 11 is 0. The van der Waals surface area contributed by atoms with E-state index in [-0.39, 0.29) is 0 Å². The molecule has 0 saturated carbocycles. The molecule has 1 atom stereocenters. The molecule has 33 heavy (non-hydrogen) atoms. The maximum absolute atomic E-state index is 13.4. The van der Waals surface area contributed by atoms with Crippen molar-refractivity contribution in [3.05, 3.63) is 71.4 Å². The first kappa shape index (κ1) is 23.1. The number of rotatable bonds is 8. The van der Waals surface area contributed by atoms with Crippen LogP contribution in [0.15, 0.2) is 48.7 Å². The molecule has 0 bridgehead atoms. The molecule has 6 nitrogen and oxygen atoms in total. The van der Waals surface area contributed by atoms with Gasteiger partial charge in [0.05, 0.1) is 12.8 Å². The van der Waals surface area contributed by atoms with E-state index in [1.807, 2.05) is 12.1 Å². The maximum Gasteiger partial charge on any atom is 0.223 e. The number of hydrogen-bond donors (Lipinski definition) is 2. The van der Waals surface area contributed by atoms with Crippen LogP contribution in [-0.2, 0) is 13.0 Å². The van der Waals surface area contributed by atoms with E-state index in [0.29, 0.717) is 30.5 Å². The maximum atomic E-state index is 13.4. The third kappa shape index (κ3) is 6.03. The number of piperazine rings is 1. The van der Waals surface area contributed by atoms with Crippen molar-refractivity contribution in [2.24, 2.45) is 0 Å². The molecular weight excluding hydrogens is 424 g/mol. The molecule has 4 rings (SSSR count). The second kappa shape index (κ2) is 10.7. The lowest BCUT2D eigenvalue weighted by molar-refractivity contribution is 0.165. The van der Waals surface area contributed by atoms with Crippen LogP contribution in [0.2, 0.25) is 0 Å². The summed E-state index contributed by atoms with van der Waals surface area (Å²) in [5.41, 5.74) is 3.42. The Labute approximate surface area is 193 Å². The first-order valence-electron chi connectivity index (χ1n) is 11.2. The Morgan fingerprint density at radius 2 is 1.94 bits per heavy atom. The van der Waals surface area contributed by atoms with Gasteiger partial charge in [-0.25, -0.2) is 18.7 Å². The number of hydrogen-bond acceptors (Lipinski definition) is 6. The van der Waals surface area contributed by atoms with Crippen LogP contribution in [0.4, 0.5) is 14.7 Å². The summed E-state index contributed by atoms with van der Waals surface area (Å²) in [6, 6.07) is 12.0. The van der Waals surface area contributed by atoms with E-state index in [0.717, 1.165) is 49.3 Å². The van der Waals surface area contributed by atoms with Crippen molar-refractivity contribution in [1.29, 1.82) is 0 Å². The molecule has 2 N–H and O–H groups in total. The van der Waals surface area contributed by atoms with Gasteiger partial charge in [-0.15, -0.1) is 0 Å². The van der Waals surface area contributed by atoms with E-state index in [9.17, 15) is 8.78 Å². The number of halogens is 2. The Kier molecular flexibility index (Phi) is 7.47. The molecule has 0 unspecified atom stereocenters. The standard InChI is InChI=1S/C25H29F2N5O/c1-17-15-28-9-10-32(17)16-19-3-4-24(33-2)22(13-19)23-6-8-30-25(31-23)29-7-5-18-11-20(26)14-21(27)12-18/h3-4,6,8,11-14,17,28H,5,7,9-10,15-16H2,1-2H3,(H,29,30,31)/t17-/m0/s1. The van der Waals surface area contributed by atoms with Gasteiger partial charge in [0.2, 0.25) is 5.95 Å². The Hall–Kier alpha value is -3.10. The van der Waals surface area contributed by atoms with Gasteiger partial charge in [0.15, 0.2) is 0 Å². The number of aromatic nitrogens is 2. The second-order valence-electron chi connectivity index (χ2n) is 8.28. The van der Waals surface area contributed by atoms with Crippen LogP contribution >= 0.6 is 0 Å². The van der Waals surface area contributed by atoms with Gasteiger partial charge in [0.1, 0.15) is 17.4 Å². The lowest BCUT2D eigenvalue weighted by Gasteiger charge is -2.34. The summed E-state index contributed by atoms with van der Waals surface area (Å²) in [6.07, 6.45) is 2.14. The molecule has 1 aliphatic rings. The zero-order chi connectivity index (χ0) is 23.2. The van der Waals surface area contributed by atoms with Gasteiger partial charge < -0.3 is 15.4 Å². The summed E-state index contributed by atoms with van der Waals surface area (Å²) in [6.45, 7) is 6.55. The van der Waals surface area contributed by atoms with E-state index < -0.39 is 11.6 Å². The first-order valence-corrected chi connectivity index (χ1v) is 11.2. The monoisotopic (exact) mass is 453 g/mol. The zero-order valence-corrected chi connectivity index (χ0v) is 18.9. The molecular formula is C25H29F2N5O. The molecule has 3 aromatic rings. The summed E-state index contributed by atoms with van der Waals surface area (Å²) < 4.78 is 32.4. The minimum Gasteiger partial charge on any atom is -0.496 e. The predicted molar refractivity (Wildman–Crippen MR) is 125 cm³/mol. The largest absolute Gasteiger partial charge is 0.496 e. The minimum absolute atomic E-state index is 0.448. The lowest BCUT2D eigenvalue weighted by Crippen LogP contribution is -2.49. The second-order valence-corrected chi connectivity index (χ2v) is 8.28. The highest BCUT2D eigenvalue weighted by molar-refractivity contribution is 5.68. The Morgan fingerprint density at radius 3 is 2.70 bits per heavy atom. The van der Waals surface area contributed by atoms with Gasteiger partial charge in [0, 0.05) is 56.6 Å². The third-order valence-electron chi connectivity index (χ3n) is 5.84. The van der Waals surface area contributed by atoms with Crippen LogP contribution in [-0.4, -0.2) is 54.2 Å². The highest BCUT2D eigenvalue weighted by Gasteiger charge is 2.19. The molecule has 8 heteroatoms. The van der Waals surface area contributed by atoms with Gasteiger partial charge in [-0.2, -0.15) is 0 Å². The van der Waals surface area contributed by atoms with Crippen LogP contribution in [0.5, 0.6) is 5.75 Å². The van der Waals surface area contributed by atoms with Crippen LogP contribution in [0.3, 0.4) is 0 Å². The normalized spacial score (nSPS) is 16.5. The average molecular weight is 454 g/mol. The Bertz CT molecular complexity index is 1070. The van der Waals surface area contributed by atoms with Gasteiger partial charge in [-0.3, -0.25) is 4.90 Å². The Balaban J connectivity index is 1.48. The van der Waals surface area contributed by atoms with Crippen molar-refractivity contribution in [3.63, 3.8) is 0 Å². The number of nitrogens with zero attached hydrogens (tertiary/aromatic N) is 3. The molecule has 2 heterocycles. The SMILES string of the molecule is COc1ccc(CN2CCNC[C@@H]2C)cc1-c1ccnc(NCCc2cc(F)cc(F)c2)n1. The highest BCUT2D eigenvalue weighted by Crippen LogP contribution is 2.30. The van der Waals surface area contributed by atoms with Crippen molar-refractivity contribution in [1.82, 2.24) is 20.2 Å². The van der Waals surface area contributed by atoms with E-state index in [4.69, 9.17) is 4.74 Å². The van der Waals surface area contributed by atoms with Gasteiger partial charge in [-0.1, -0.05) is 6.07 Å². The number of ether oxygens (including phenoxy) is 1. The molecule has 174 valence electrons. The summed E-state index contributed by atoms with van der Waals surface area (Å²) in [5.74, 6) is 0.0374. The fraction of sp³-hybridized carbons (Fsp3) is 0.360. The van der Waals surface area contributed by atoms with Crippen LogP contribution < -0.4 is 15.4 Å². The lowest BCUT2D eigenvalue weighted by atomic mass is 10.0. The van der Waals surface area contributed by atoms with Crippen molar-refractivity contribution >= 4 is 5.95 Å². The predicted octanol–water partition coefficient (Wildman–Crippen LogP) is 3.88. The molecule has 0 spiro atoms. The molecule has 1 fully saturated rings. The van der Waals surface area contributed by atoms with E-state index in [1.165, 1.54) is 17.7 Å². The summed E-state index contributed by atoms with van der Waals surface area (Å²) in [4.78, 5) is 11.4. The molecule has 0 aliphatic carbocycles. The van der Waals surface area contributed by atoms with Crippen LogP contribution in [0.1, 0.15) is 18.1 Å². The zero-order valence-electron chi connectivity index (χ0n) is 18.9. The first-order chi connectivity index (χ1) is 16.0. The van der Waals surface area contributed by atoms with Gasteiger partial charge in [0.25, 0.3) is 0 Å². The Morgan fingerprint density at radius 1 is 1.12 bits per heavy atom. The van der Waals surface area contributed by atoms with E-state index in [1.54, 1.807) is 13.3 Å². The van der Waals surface area contributed by atoms with Gasteiger partial charge >= 0.3 is 0 Å². The fourth-order valence-electron chi connectivity index (χ4n) is 4.07. The van der Waals surface area contributed by atoms with Crippen molar-refractivity contribution in [2.75, 3.05) is 38.6 Å².